The molecule has 0 aliphatic carbocycles. The summed E-state index contributed by atoms with van der Waals surface area (Å²) in [5, 5.41) is 15.7. The lowest BCUT2D eigenvalue weighted by atomic mass is 10.1. The molecule has 4 rings (SSSR count). The number of aromatic nitrogens is 2. The first-order valence-electron chi connectivity index (χ1n) is 11.9. The van der Waals surface area contributed by atoms with E-state index in [1.807, 2.05) is 90.5 Å². The first kappa shape index (κ1) is 23.7. The Morgan fingerprint density at radius 1 is 0.912 bits per heavy atom. The fourth-order valence-electron chi connectivity index (χ4n) is 4.19. The number of nitrogens with zero attached hydrogens (tertiary/aromatic N) is 3. The predicted octanol–water partition coefficient (Wildman–Crippen LogP) is 5.79. The van der Waals surface area contributed by atoms with Gasteiger partial charge in [0.2, 0.25) is 5.88 Å². The summed E-state index contributed by atoms with van der Waals surface area (Å²) in [6.07, 6.45) is 1.19. The van der Waals surface area contributed by atoms with Crippen molar-refractivity contribution < 1.29 is 9.84 Å². The van der Waals surface area contributed by atoms with Crippen molar-refractivity contribution in [2.75, 3.05) is 13.1 Å². The van der Waals surface area contributed by atoms with Gasteiger partial charge in [-0.05, 0) is 56.1 Å². The summed E-state index contributed by atoms with van der Waals surface area (Å²) in [5.41, 5.74) is 4.06. The zero-order valence-corrected chi connectivity index (χ0v) is 20.0. The second-order valence-electron chi connectivity index (χ2n) is 8.61. The van der Waals surface area contributed by atoms with Crippen molar-refractivity contribution in [3.05, 3.63) is 108 Å². The summed E-state index contributed by atoms with van der Waals surface area (Å²) in [5.74, 6) is 1.49. The van der Waals surface area contributed by atoms with Gasteiger partial charge < -0.3 is 9.84 Å². The quantitative estimate of drug-likeness (QED) is 0.311. The highest BCUT2D eigenvalue weighted by molar-refractivity contribution is 5.43. The van der Waals surface area contributed by atoms with Crippen LogP contribution in [0.4, 0.5) is 0 Å². The van der Waals surface area contributed by atoms with Crippen LogP contribution >= 0.6 is 0 Å². The lowest BCUT2D eigenvalue weighted by Gasteiger charge is -2.25. The van der Waals surface area contributed by atoms with Crippen molar-refractivity contribution >= 4 is 0 Å². The molecule has 0 spiro atoms. The molecule has 34 heavy (non-hydrogen) atoms. The number of benzene rings is 3. The molecule has 0 aliphatic heterocycles. The molecule has 1 N–H and O–H groups in total. The third kappa shape index (κ3) is 6.13. The molecule has 0 radical (unpaired) electrons. The molecule has 3 aromatic carbocycles. The number of para-hydroxylation sites is 2. The summed E-state index contributed by atoms with van der Waals surface area (Å²) in [6.45, 7) is 6.31. The standard InChI is InChI=1S/C29H33N3O2/c1-3-19-31(21-26(33)20-24-13-7-4-8-14-24)22-28-23(2)30-32(25-15-9-5-10-16-25)29(28)34-27-17-11-6-12-18-27/h4-18,26,33H,3,19-22H2,1-2H3/t26-/m0/s1. The van der Waals surface area contributed by atoms with Crippen molar-refractivity contribution in [2.45, 2.75) is 39.3 Å². The topological polar surface area (TPSA) is 50.5 Å². The van der Waals surface area contributed by atoms with Crippen molar-refractivity contribution in [1.29, 1.82) is 0 Å². The molecule has 1 aromatic heterocycles. The average Bonchev–Trinajstić information content (AvgIpc) is 3.16. The van der Waals surface area contributed by atoms with Crippen LogP contribution in [0.25, 0.3) is 5.69 Å². The Morgan fingerprint density at radius 2 is 1.53 bits per heavy atom. The van der Waals surface area contributed by atoms with E-state index in [9.17, 15) is 5.11 Å². The van der Waals surface area contributed by atoms with Crippen LogP contribution in [0.3, 0.4) is 0 Å². The fourth-order valence-corrected chi connectivity index (χ4v) is 4.19. The molecule has 5 nitrogen and oxygen atoms in total. The van der Waals surface area contributed by atoms with Gasteiger partial charge in [0.15, 0.2) is 0 Å². The van der Waals surface area contributed by atoms with Crippen molar-refractivity contribution in [1.82, 2.24) is 14.7 Å². The Bertz CT molecular complexity index is 1140. The monoisotopic (exact) mass is 455 g/mol. The Kier molecular flexibility index (Phi) is 8.12. The molecule has 0 saturated heterocycles. The van der Waals surface area contributed by atoms with E-state index in [1.165, 1.54) is 0 Å². The number of hydrogen-bond donors (Lipinski definition) is 1. The Hall–Kier alpha value is -3.41. The van der Waals surface area contributed by atoms with E-state index in [1.54, 1.807) is 0 Å². The smallest absolute Gasteiger partial charge is 0.227 e. The Morgan fingerprint density at radius 3 is 2.18 bits per heavy atom. The lowest BCUT2D eigenvalue weighted by Crippen LogP contribution is -2.34. The molecule has 0 fully saturated rings. The van der Waals surface area contributed by atoms with Crippen LogP contribution in [-0.4, -0.2) is 39.0 Å². The van der Waals surface area contributed by atoms with E-state index < -0.39 is 6.10 Å². The highest BCUT2D eigenvalue weighted by Crippen LogP contribution is 2.31. The van der Waals surface area contributed by atoms with Crippen LogP contribution in [0.2, 0.25) is 0 Å². The highest BCUT2D eigenvalue weighted by Gasteiger charge is 2.22. The molecule has 0 amide bonds. The zero-order valence-electron chi connectivity index (χ0n) is 20.0. The largest absolute Gasteiger partial charge is 0.439 e. The lowest BCUT2D eigenvalue weighted by molar-refractivity contribution is 0.108. The third-order valence-corrected chi connectivity index (χ3v) is 5.80. The van der Waals surface area contributed by atoms with E-state index in [4.69, 9.17) is 9.84 Å². The van der Waals surface area contributed by atoms with E-state index in [-0.39, 0.29) is 0 Å². The molecular weight excluding hydrogens is 422 g/mol. The van der Waals surface area contributed by atoms with Gasteiger partial charge in [-0.3, -0.25) is 4.90 Å². The van der Waals surface area contributed by atoms with Gasteiger partial charge in [0.1, 0.15) is 5.75 Å². The maximum atomic E-state index is 10.8. The van der Waals surface area contributed by atoms with Gasteiger partial charge in [-0.1, -0.05) is 73.7 Å². The van der Waals surface area contributed by atoms with Crippen molar-refractivity contribution in [2.24, 2.45) is 0 Å². The van der Waals surface area contributed by atoms with Gasteiger partial charge >= 0.3 is 0 Å². The average molecular weight is 456 g/mol. The molecule has 1 heterocycles. The second-order valence-corrected chi connectivity index (χ2v) is 8.61. The van der Waals surface area contributed by atoms with Gasteiger partial charge in [0.05, 0.1) is 23.0 Å². The number of aliphatic hydroxyl groups excluding tert-OH is 1. The van der Waals surface area contributed by atoms with E-state index in [0.29, 0.717) is 25.4 Å². The number of hydrogen-bond acceptors (Lipinski definition) is 4. The summed E-state index contributed by atoms with van der Waals surface area (Å²) >= 11 is 0. The number of ether oxygens (including phenoxy) is 1. The minimum absolute atomic E-state index is 0.447. The first-order valence-corrected chi connectivity index (χ1v) is 11.9. The van der Waals surface area contributed by atoms with Crippen LogP contribution in [0.5, 0.6) is 11.6 Å². The van der Waals surface area contributed by atoms with Gasteiger partial charge in [-0.2, -0.15) is 5.10 Å². The number of aryl methyl sites for hydroxylation is 1. The van der Waals surface area contributed by atoms with Crippen molar-refractivity contribution in [3.63, 3.8) is 0 Å². The molecule has 0 unspecified atom stereocenters. The molecule has 0 aliphatic rings. The van der Waals surface area contributed by atoms with Gasteiger partial charge in [-0.15, -0.1) is 0 Å². The summed E-state index contributed by atoms with van der Waals surface area (Å²) in [6, 6.07) is 30.0. The minimum atomic E-state index is -0.447. The van der Waals surface area contributed by atoms with Crippen LogP contribution in [0, 0.1) is 6.92 Å². The molecule has 5 heteroatoms. The third-order valence-electron chi connectivity index (χ3n) is 5.80. The van der Waals surface area contributed by atoms with E-state index in [2.05, 4.69) is 24.0 Å². The number of rotatable bonds is 11. The van der Waals surface area contributed by atoms with E-state index in [0.717, 1.165) is 41.2 Å². The minimum Gasteiger partial charge on any atom is -0.439 e. The Labute approximate surface area is 202 Å². The maximum absolute atomic E-state index is 10.8. The molecule has 1 atom stereocenters. The highest BCUT2D eigenvalue weighted by atomic mass is 16.5. The second kappa shape index (κ2) is 11.6. The summed E-state index contributed by atoms with van der Waals surface area (Å²) in [7, 11) is 0. The summed E-state index contributed by atoms with van der Waals surface area (Å²) < 4.78 is 8.28. The molecule has 0 saturated carbocycles. The van der Waals surface area contributed by atoms with Crippen molar-refractivity contribution in [3.8, 4) is 17.3 Å². The normalized spacial score (nSPS) is 12.1. The van der Waals surface area contributed by atoms with Crippen LogP contribution in [0.15, 0.2) is 91.0 Å². The maximum Gasteiger partial charge on any atom is 0.227 e. The van der Waals surface area contributed by atoms with Crippen LogP contribution < -0.4 is 4.74 Å². The molecule has 0 bridgehead atoms. The first-order chi connectivity index (χ1) is 16.6. The molecular formula is C29H33N3O2. The molecule has 176 valence electrons. The summed E-state index contributed by atoms with van der Waals surface area (Å²) in [4.78, 5) is 2.30. The van der Waals surface area contributed by atoms with Crippen LogP contribution in [-0.2, 0) is 13.0 Å². The number of aliphatic hydroxyl groups is 1. The fraction of sp³-hybridized carbons (Fsp3) is 0.276. The van der Waals surface area contributed by atoms with Crippen LogP contribution in [0.1, 0.15) is 30.2 Å². The van der Waals surface area contributed by atoms with Gasteiger partial charge in [-0.25, -0.2) is 4.68 Å². The predicted molar refractivity (Wildman–Crippen MR) is 137 cm³/mol. The zero-order chi connectivity index (χ0) is 23.8. The van der Waals surface area contributed by atoms with Gasteiger partial charge in [0, 0.05) is 13.1 Å². The molecule has 4 aromatic rings. The van der Waals surface area contributed by atoms with Gasteiger partial charge in [0.25, 0.3) is 0 Å². The van der Waals surface area contributed by atoms with E-state index >= 15 is 0 Å². The Balaban J connectivity index is 1.61. The SMILES string of the molecule is CCCN(Cc1c(C)nn(-c2ccccc2)c1Oc1ccccc1)C[C@@H](O)Cc1ccccc1.